The smallest absolute Gasteiger partial charge is 0.308 e. The second-order valence-electron chi connectivity index (χ2n) is 8.44. The van der Waals surface area contributed by atoms with Gasteiger partial charge in [0.2, 0.25) is 0 Å². The number of aromatic nitrogens is 1. The van der Waals surface area contributed by atoms with Crippen molar-refractivity contribution in [3.8, 4) is 12.3 Å². The Labute approximate surface area is 190 Å². The minimum atomic E-state index is -0.153. The highest BCUT2D eigenvalue weighted by atomic mass is 16.5. The fraction of sp³-hybridized carbons (Fsp3) is 0.577. The predicted molar refractivity (Wildman–Crippen MR) is 130 cm³/mol. The van der Waals surface area contributed by atoms with Gasteiger partial charge in [0, 0.05) is 30.9 Å². The van der Waals surface area contributed by atoms with Crippen LogP contribution < -0.4 is 0 Å². The Hall–Kier alpha value is -2.45. The highest BCUT2D eigenvalue weighted by Crippen LogP contribution is 2.23. The molecule has 31 heavy (non-hydrogen) atoms. The molecule has 1 atom stereocenters. The first-order chi connectivity index (χ1) is 14.6. The van der Waals surface area contributed by atoms with Crippen molar-refractivity contribution in [3.63, 3.8) is 0 Å². The molecule has 0 saturated carbocycles. The number of nitrogens with zero attached hydrogens (tertiary/aromatic N) is 3. The van der Waals surface area contributed by atoms with Gasteiger partial charge in [-0.25, -0.2) is 4.58 Å². The van der Waals surface area contributed by atoms with Crippen LogP contribution in [0.1, 0.15) is 65.9 Å². The molecule has 5 nitrogen and oxygen atoms in total. The normalized spacial score (nSPS) is 12.8. The number of hydrogen-bond acceptors (Lipinski definition) is 4. The zero-order chi connectivity index (χ0) is 23.8. The summed E-state index contributed by atoms with van der Waals surface area (Å²) in [5.41, 5.74) is 1.30. The molecule has 172 valence electrons. The SMILES string of the molecule is C#C/C=C\[N+](C)=CCC(CCN(C(C)C)C(C)C)c1cccnc1.COC(=O)C(C)C. The molecule has 0 bridgehead atoms. The van der Waals surface area contributed by atoms with Gasteiger partial charge in [0.15, 0.2) is 6.20 Å². The molecule has 1 unspecified atom stereocenters. The molecule has 1 aromatic heterocycles. The van der Waals surface area contributed by atoms with Crippen LogP contribution in [0.4, 0.5) is 0 Å². The van der Waals surface area contributed by atoms with Crippen molar-refractivity contribution >= 4 is 12.2 Å². The molecular weight excluding hydrogens is 386 g/mol. The minimum absolute atomic E-state index is 0.00463. The molecule has 0 aliphatic carbocycles. The Morgan fingerprint density at radius 3 is 2.32 bits per heavy atom. The maximum atomic E-state index is 10.3. The van der Waals surface area contributed by atoms with Crippen LogP contribution in [0.2, 0.25) is 0 Å². The van der Waals surface area contributed by atoms with Gasteiger partial charge < -0.3 is 4.74 Å². The van der Waals surface area contributed by atoms with Crippen LogP contribution in [-0.4, -0.2) is 59.4 Å². The predicted octanol–water partition coefficient (Wildman–Crippen LogP) is 4.74. The molecule has 0 fully saturated rings. The summed E-state index contributed by atoms with van der Waals surface area (Å²) >= 11 is 0. The number of carbonyl (C=O) groups excluding carboxylic acids is 1. The molecule has 0 aliphatic rings. The summed E-state index contributed by atoms with van der Waals surface area (Å²) in [6.45, 7) is 13.8. The molecule has 0 amide bonds. The third-order valence-corrected chi connectivity index (χ3v) is 4.97. The first-order valence-corrected chi connectivity index (χ1v) is 11.1. The zero-order valence-electron chi connectivity index (χ0n) is 20.7. The highest BCUT2D eigenvalue weighted by molar-refractivity contribution is 5.71. The molecule has 0 spiro atoms. The number of ether oxygens (including phenoxy) is 1. The van der Waals surface area contributed by atoms with Crippen LogP contribution in [0.15, 0.2) is 36.8 Å². The second-order valence-corrected chi connectivity index (χ2v) is 8.44. The standard InChI is InChI=1S/C21H32N3.C5H10O2/c1-7-8-14-23(6)15-11-20(21-10-9-13-22-17-21)12-16-24(18(2)3)19(4)5;1-4(2)5(6)7-3/h1,8-10,13-15,17-20H,11-12,16H2,2-6H3;4H,1-3H3/q+1;/b14-8-,23-15?;. The molecule has 1 rings (SSSR count). The second kappa shape index (κ2) is 16.3. The Morgan fingerprint density at radius 1 is 1.26 bits per heavy atom. The van der Waals surface area contributed by atoms with E-state index in [0.717, 1.165) is 19.4 Å². The van der Waals surface area contributed by atoms with E-state index in [1.54, 1.807) is 19.9 Å². The van der Waals surface area contributed by atoms with Gasteiger partial charge in [-0.2, -0.15) is 0 Å². The summed E-state index contributed by atoms with van der Waals surface area (Å²) in [4.78, 5) is 17.1. The first kappa shape index (κ1) is 28.5. The number of rotatable bonds is 10. The molecule has 0 radical (unpaired) electrons. The number of esters is 1. The molecule has 1 heterocycles. The monoisotopic (exact) mass is 428 g/mol. The van der Waals surface area contributed by atoms with E-state index in [4.69, 9.17) is 6.42 Å². The summed E-state index contributed by atoms with van der Waals surface area (Å²) in [6.07, 6.45) is 17.0. The Morgan fingerprint density at radius 2 is 1.90 bits per heavy atom. The van der Waals surface area contributed by atoms with Crippen molar-refractivity contribution in [2.45, 2.75) is 72.4 Å². The van der Waals surface area contributed by atoms with Crippen molar-refractivity contribution in [2.24, 2.45) is 5.92 Å². The average Bonchev–Trinajstić information content (AvgIpc) is 2.74. The number of terminal acetylenes is 1. The minimum Gasteiger partial charge on any atom is -0.469 e. The van der Waals surface area contributed by atoms with Gasteiger partial charge in [0.05, 0.1) is 19.1 Å². The van der Waals surface area contributed by atoms with Crippen LogP contribution >= 0.6 is 0 Å². The largest absolute Gasteiger partial charge is 0.469 e. The Kier molecular flexibility index (Phi) is 15.0. The van der Waals surface area contributed by atoms with E-state index in [1.807, 2.05) is 36.3 Å². The van der Waals surface area contributed by atoms with Gasteiger partial charge in [0.1, 0.15) is 13.3 Å². The number of carbonyl (C=O) groups is 1. The van der Waals surface area contributed by atoms with E-state index in [9.17, 15) is 4.79 Å². The van der Waals surface area contributed by atoms with Crippen molar-refractivity contribution in [1.82, 2.24) is 9.88 Å². The number of methoxy groups -OCH3 is 1. The van der Waals surface area contributed by atoms with Crippen molar-refractivity contribution < 1.29 is 14.1 Å². The maximum absolute atomic E-state index is 10.3. The molecule has 0 aliphatic heterocycles. The molecule has 5 heteroatoms. The van der Waals surface area contributed by atoms with Gasteiger partial charge in [-0.15, -0.1) is 6.42 Å². The molecule has 0 saturated heterocycles. The summed E-state index contributed by atoms with van der Waals surface area (Å²) in [6, 6.07) is 5.32. The number of hydrogen-bond donors (Lipinski definition) is 0. The van der Waals surface area contributed by atoms with E-state index in [-0.39, 0.29) is 11.9 Å². The Balaban J connectivity index is 0.00000110. The van der Waals surface area contributed by atoms with Gasteiger partial charge >= 0.3 is 5.97 Å². The fourth-order valence-corrected chi connectivity index (χ4v) is 3.21. The topological polar surface area (TPSA) is 45.4 Å². The van der Waals surface area contributed by atoms with Crippen LogP contribution in [-0.2, 0) is 9.53 Å². The van der Waals surface area contributed by atoms with E-state index in [1.165, 1.54) is 12.7 Å². The summed E-state index contributed by atoms with van der Waals surface area (Å²) in [5.74, 6) is 2.83. The Bertz CT molecular complexity index is 708. The van der Waals surface area contributed by atoms with E-state index >= 15 is 0 Å². The summed E-state index contributed by atoms with van der Waals surface area (Å²) in [7, 11) is 3.41. The van der Waals surface area contributed by atoms with E-state index < -0.39 is 0 Å². The lowest BCUT2D eigenvalue weighted by Gasteiger charge is -2.31. The van der Waals surface area contributed by atoms with Crippen LogP contribution in [0, 0.1) is 18.3 Å². The van der Waals surface area contributed by atoms with Crippen LogP contribution in [0.25, 0.3) is 0 Å². The fourth-order valence-electron chi connectivity index (χ4n) is 3.21. The molecule has 0 N–H and O–H groups in total. The lowest BCUT2D eigenvalue weighted by molar-refractivity contribution is -0.418. The van der Waals surface area contributed by atoms with Crippen molar-refractivity contribution in [3.05, 3.63) is 42.4 Å². The quantitative estimate of drug-likeness (QED) is 0.234. The average molecular weight is 429 g/mol. The molecule has 0 aromatic carbocycles. The van der Waals surface area contributed by atoms with Gasteiger partial charge in [-0.3, -0.25) is 14.7 Å². The summed E-state index contributed by atoms with van der Waals surface area (Å²) in [5, 5.41) is 0. The van der Waals surface area contributed by atoms with Crippen molar-refractivity contribution in [2.75, 3.05) is 20.7 Å². The van der Waals surface area contributed by atoms with E-state index in [0.29, 0.717) is 18.0 Å². The third-order valence-electron chi connectivity index (χ3n) is 4.97. The summed E-state index contributed by atoms with van der Waals surface area (Å²) < 4.78 is 6.41. The molecule has 1 aromatic rings. The highest BCUT2D eigenvalue weighted by Gasteiger charge is 2.18. The molecular formula is C26H42N3O2+. The van der Waals surface area contributed by atoms with Crippen molar-refractivity contribution in [1.29, 1.82) is 0 Å². The first-order valence-electron chi connectivity index (χ1n) is 11.1. The van der Waals surface area contributed by atoms with E-state index in [2.05, 4.69) is 60.5 Å². The van der Waals surface area contributed by atoms with Crippen LogP contribution in [0.5, 0.6) is 0 Å². The zero-order valence-corrected chi connectivity index (χ0v) is 20.7. The van der Waals surface area contributed by atoms with Crippen LogP contribution in [0.3, 0.4) is 0 Å². The van der Waals surface area contributed by atoms with Gasteiger partial charge in [-0.05, 0) is 58.2 Å². The lowest BCUT2D eigenvalue weighted by atomic mass is 9.93. The lowest BCUT2D eigenvalue weighted by Crippen LogP contribution is -2.38. The van der Waals surface area contributed by atoms with Gasteiger partial charge in [0.25, 0.3) is 0 Å². The maximum Gasteiger partial charge on any atom is 0.308 e. The van der Waals surface area contributed by atoms with Gasteiger partial charge in [-0.1, -0.05) is 25.8 Å². The number of pyridine rings is 1. The third kappa shape index (κ3) is 12.8. The number of allylic oxidation sites excluding steroid dienone is 1.